The zero-order valence-corrected chi connectivity index (χ0v) is 10.8. The summed E-state index contributed by atoms with van der Waals surface area (Å²) < 4.78 is 0. The monoisotopic (exact) mass is 241 g/mol. The highest BCUT2D eigenvalue weighted by molar-refractivity contribution is 7.09. The van der Waals surface area contributed by atoms with E-state index in [-0.39, 0.29) is 4.87 Å². The minimum Gasteiger partial charge on any atom is -0.317 e. The Kier molecular flexibility index (Phi) is 3.78. The Morgan fingerprint density at radius 1 is 1.25 bits per heavy atom. The van der Waals surface area contributed by atoms with Crippen LogP contribution in [0.25, 0.3) is 0 Å². The summed E-state index contributed by atoms with van der Waals surface area (Å²) in [6.07, 6.45) is 0. The Labute approximate surface area is 99.9 Å². The Hall–Kier alpha value is -0.650. The molecule has 5 heteroatoms. The van der Waals surface area contributed by atoms with Crippen molar-refractivity contribution in [1.82, 2.24) is 14.8 Å². The molecule has 4 nitrogen and oxygen atoms in total. The molecule has 0 radical (unpaired) electrons. The standard InChI is InChI=1S/C11H19N3OS/c1-3-13-4-6-14(7-5-13)8-10-9(2)12-11(15)16-10/h3-8H2,1-2H3,(H,12,15). The van der Waals surface area contributed by atoms with Gasteiger partial charge in [0.25, 0.3) is 0 Å². The summed E-state index contributed by atoms with van der Waals surface area (Å²) in [5.74, 6) is 0. The zero-order valence-electron chi connectivity index (χ0n) is 9.95. The lowest BCUT2D eigenvalue weighted by molar-refractivity contribution is 0.132. The first kappa shape index (κ1) is 11.8. The minimum absolute atomic E-state index is 0.0692. The zero-order chi connectivity index (χ0) is 11.5. The van der Waals surface area contributed by atoms with E-state index in [2.05, 4.69) is 21.7 Å². The van der Waals surface area contributed by atoms with Gasteiger partial charge in [-0.2, -0.15) is 0 Å². The third kappa shape index (κ3) is 2.72. The molecule has 0 unspecified atom stereocenters. The van der Waals surface area contributed by atoms with Gasteiger partial charge in [-0.25, -0.2) is 0 Å². The molecule has 0 atom stereocenters. The molecule has 1 aromatic heterocycles. The number of aromatic amines is 1. The highest BCUT2D eigenvalue weighted by atomic mass is 32.1. The van der Waals surface area contributed by atoms with Crippen LogP contribution in [0.3, 0.4) is 0 Å². The van der Waals surface area contributed by atoms with E-state index in [4.69, 9.17) is 0 Å². The molecule has 90 valence electrons. The predicted molar refractivity (Wildman–Crippen MR) is 67.1 cm³/mol. The van der Waals surface area contributed by atoms with Crippen LogP contribution in [-0.2, 0) is 6.54 Å². The summed E-state index contributed by atoms with van der Waals surface area (Å²) in [7, 11) is 0. The molecule has 0 spiro atoms. The largest absolute Gasteiger partial charge is 0.317 e. The van der Waals surface area contributed by atoms with E-state index in [1.807, 2.05) is 6.92 Å². The number of piperazine rings is 1. The molecule has 0 amide bonds. The van der Waals surface area contributed by atoms with Gasteiger partial charge in [0.05, 0.1) is 0 Å². The van der Waals surface area contributed by atoms with Crippen molar-refractivity contribution in [1.29, 1.82) is 0 Å². The molecule has 1 aliphatic heterocycles. The van der Waals surface area contributed by atoms with Gasteiger partial charge >= 0.3 is 4.87 Å². The first-order valence-electron chi connectivity index (χ1n) is 5.82. The van der Waals surface area contributed by atoms with Gasteiger partial charge in [0.1, 0.15) is 0 Å². The summed E-state index contributed by atoms with van der Waals surface area (Å²) in [5.41, 5.74) is 1.04. The van der Waals surface area contributed by atoms with Gasteiger partial charge in [0.15, 0.2) is 0 Å². The molecule has 1 saturated heterocycles. The summed E-state index contributed by atoms with van der Waals surface area (Å²) >= 11 is 1.35. The number of hydrogen-bond acceptors (Lipinski definition) is 4. The van der Waals surface area contributed by atoms with E-state index in [9.17, 15) is 4.79 Å². The number of hydrogen-bond donors (Lipinski definition) is 1. The molecule has 1 aromatic rings. The Morgan fingerprint density at radius 3 is 2.38 bits per heavy atom. The lowest BCUT2D eigenvalue weighted by Crippen LogP contribution is -2.45. The lowest BCUT2D eigenvalue weighted by atomic mass is 10.3. The van der Waals surface area contributed by atoms with Crippen LogP contribution in [0.1, 0.15) is 17.5 Å². The van der Waals surface area contributed by atoms with E-state index < -0.39 is 0 Å². The summed E-state index contributed by atoms with van der Waals surface area (Å²) in [5, 5.41) is 0. The van der Waals surface area contributed by atoms with Gasteiger partial charge in [-0.1, -0.05) is 18.3 Å². The van der Waals surface area contributed by atoms with Crippen LogP contribution in [-0.4, -0.2) is 47.5 Å². The van der Waals surface area contributed by atoms with E-state index >= 15 is 0 Å². The molecule has 16 heavy (non-hydrogen) atoms. The Bertz CT molecular complexity index is 390. The van der Waals surface area contributed by atoms with Crippen molar-refractivity contribution < 1.29 is 0 Å². The highest BCUT2D eigenvalue weighted by Crippen LogP contribution is 2.13. The van der Waals surface area contributed by atoms with Crippen molar-refractivity contribution >= 4 is 11.3 Å². The maximum atomic E-state index is 11.2. The molecule has 0 saturated carbocycles. The van der Waals surface area contributed by atoms with Gasteiger partial charge in [-0.15, -0.1) is 0 Å². The molecular formula is C11H19N3OS. The third-order valence-electron chi connectivity index (χ3n) is 3.20. The molecule has 0 aliphatic carbocycles. The quantitative estimate of drug-likeness (QED) is 0.854. The van der Waals surface area contributed by atoms with Crippen LogP contribution in [0.5, 0.6) is 0 Å². The average Bonchev–Trinajstić information content (AvgIpc) is 2.59. The molecule has 0 bridgehead atoms. The second-order valence-electron chi connectivity index (χ2n) is 4.27. The first-order valence-corrected chi connectivity index (χ1v) is 6.64. The van der Waals surface area contributed by atoms with Gasteiger partial charge in [0.2, 0.25) is 0 Å². The Balaban J connectivity index is 1.91. The van der Waals surface area contributed by atoms with Crippen LogP contribution in [0.2, 0.25) is 0 Å². The van der Waals surface area contributed by atoms with Crippen molar-refractivity contribution in [3.8, 4) is 0 Å². The summed E-state index contributed by atoms with van der Waals surface area (Å²) in [6.45, 7) is 10.8. The second kappa shape index (κ2) is 5.12. The topological polar surface area (TPSA) is 39.3 Å². The number of H-pyrrole nitrogens is 1. The average molecular weight is 241 g/mol. The SMILES string of the molecule is CCN1CCN(Cc2sc(=O)[nH]c2C)CC1. The minimum atomic E-state index is 0.0692. The van der Waals surface area contributed by atoms with Crippen LogP contribution in [0, 0.1) is 6.92 Å². The first-order chi connectivity index (χ1) is 7.69. The van der Waals surface area contributed by atoms with Gasteiger partial charge < -0.3 is 9.88 Å². The highest BCUT2D eigenvalue weighted by Gasteiger charge is 2.17. The van der Waals surface area contributed by atoms with Crippen LogP contribution in [0.15, 0.2) is 4.79 Å². The number of nitrogens with one attached hydrogen (secondary N) is 1. The molecule has 1 N–H and O–H groups in total. The van der Waals surface area contributed by atoms with Crippen LogP contribution in [0.4, 0.5) is 0 Å². The third-order valence-corrected chi connectivity index (χ3v) is 4.17. The van der Waals surface area contributed by atoms with Gasteiger partial charge in [-0.05, 0) is 13.5 Å². The van der Waals surface area contributed by atoms with Crippen LogP contribution < -0.4 is 4.87 Å². The summed E-state index contributed by atoms with van der Waals surface area (Å²) in [6, 6.07) is 0. The molecule has 0 aromatic carbocycles. The lowest BCUT2D eigenvalue weighted by Gasteiger charge is -2.33. The molecule has 1 aliphatic rings. The van der Waals surface area contributed by atoms with Gasteiger partial charge in [0, 0.05) is 43.3 Å². The fraction of sp³-hybridized carbons (Fsp3) is 0.727. The van der Waals surface area contributed by atoms with Crippen molar-refractivity contribution in [3.63, 3.8) is 0 Å². The van der Waals surface area contributed by atoms with E-state index in [0.717, 1.165) is 45.0 Å². The van der Waals surface area contributed by atoms with E-state index in [0.29, 0.717) is 0 Å². The maximum absolute atomic E-state index is 11.2. The fourth-order valence-corrected chi connectivity index (χ4v) is 2.93. The number of aromatic nitrogens is 1. The smallest absolute Gasteiger partial charge is 0.304 e. The van der Waals surface area contributed by atoms with Crippen molar-refractivity contribution in [2.45, 2.75) is 20.4 Å². The van der Waals surface area contributed by atoms with Crippen LogP contribution >= 0.6 is 11.3 Å². The summed E-state index contributed by atoms with van der Waals surface area (Å²) in [4.78, 5) is 20.2. The van der Waals surface area contributed by atoms with Crippen molar-refractivity contribution in [3.05, 3.63) is 20.2 Å². The molecule has 2 rings (SSSR count). The number of likely N-dealkylation sites (N-methyl/N-ethyl adjacent to an activating group) is 1. The van der Waals surface area contributed by atoms with E-state index in [1.165, 1.54) is 16.2 Å². The number of aryl methyl sites for hydroxylation is 1. The van der Waals surface area contributed by atoms with Crippen molar-refractivity contribution in [2.24, 2.45) is 0 Å². The fourth-order valence-electron chi connectivity index (χ4n) is 2.05. The second-order valence-corrected chi connectivity index (χ2v) is 5.34. The van der Waals surface area contributed by atoms with Crippen molar-refractivity contribution in [2.75, 3.05) is 32.7 Å². The molecular weight excluding hydrogens is 222 g/mol. The molecule has 2 heterocycles. The Morgan fingerprint density at radius 2 is 1.88 bits per heavy atom. The maximum Gasteiger partial charge on any atom is 0.304 e. The number of thiazole rings is 1. The predicted octanol–water partition coefficient (Wildman–Crippen LogP) is 0.882. The number of nitrogens with zero attached hydrogens (tertiary/aromatic N) is 2. The molecule has 1 fully saturated rings. The normalized spacial score (nSPS) is 19.1. The van der Waals surface area contributed by atoms with Gasteiger partial charge in [-0.3, -0.25) is 9.69 Å². The van der Waals surface area contributed by atoms with E-state index in [1.54, 1.807) is 0 Å². The number of rotatable bonds is 3.